The number of carbonyl (C=O) groups is 1. The molecular weight excluding hydrogens is 262 g/mol. The van der Waals surface area contributed by atoms with E-state index in [-0.39, 0.29) is 5.91 Å². The Balaban J connectivity index is 1.93. The number of hydrogen-bond donors (Lipinski definition) is 2. The summed E-state index contributed by atoms with van der Waals surface area (Å²) in [7, 11) is 4.00. The zero-order chi connectivity index (χ0) is 15.3. The van der Waals surface area contributed by atoms with Crippen LogP contribution in [0, 0.1) is 0 Å². The number of hydrogen-bond acceptors (Lipinski definition) is 3. The molecular formula is C17H27N3O. The summed E-state index contributed by atoms with van der Waals surface area (Å²) in [4.78, 5) is 14.2. The van der Waals surface area contributed by atoms with Crippen molar-refractivity contribution in [2.45, 2.75) is 43.7 Å². The molecule has 1 saturated carbocycles. The van der Waals surface area contributed by atoms with Gasteiger partial charge in [-0.25, -0.2) is 0 Å². The lowest BCUT2D eigenvalue weighted by molar-refractivity contribution is -0.126. The second kappa shape index (κ2) is 7.05. The highest BCUT2D eigenvalue weighted by atomic mass is 16.1. The van der Waals surface area contributed by atoms with Gasteiger partial charge in [-0.1, -0.05) is 30.3 Å². The number of amides is 1. The van der Waals surface area contributed by atoms with Gasteiger partial charge >= 0.3 is 0 Å². The average molecular weight is 289 g/mol. The van der Waals surface area contributed by atoms with Gasteiger partial charge in [-0.05, 0) is 51.8 Å². The largest absolute Gasteiger partial charge is 0.368 e. The van der Waals surface area contributed by atoms with Gasteiger partial charge in [0.25, 0.3) is 0 Å². The van der Waals surface area contributed by atoms with Crippen molar-refractivity contribution < 1.29 is 4.79 Å². The average Bonchev–Trinajstić information content (AvgIpc) is 2.53. The molecule has 116 valence electrons. The topological polar surface area (TPSA) is 58.4 Å². The first-order valence-electron chi connectivity index (χ1n) is 7.80. The van der Waals surface area contributed by atoms with E-state index < -0.39 is 5.54 Å². The molecule has 1 amide bonds. The molecule has 1 aromatic carbocycles. The van der Waals surface area contributed by atoms with Crippen molar-refractivity contribution in [1.82, 2.24) is 10.2 Å². The van der Waals surface area contributed by atoms with E-state index in [1.165, 1.54) is 5.56 Å². The maximum atomic E-state index is 11.8. The van der Waals surface area contributed by atoms with Crippen molar-refractivity contribution in [1.29, 1.82) is 0 Å². The fraction of sp³-hybridized carbons (Fsp3) is 0.588. The van der Waals surface area contributed by atoms with Crippen LogP contribution in [-0.2, 0) is 11.2 Å². The van der Waals surface area contributed by atoms with Crippen LogP contribution in [0.15, 0.2) is 30.3 Å². The van der Waals surface area contributed by atoms with E-state index in [1.807, 2.05) is 13.1 Å². The predicted octanol–water partition coefficient (Wildman–Crippen LogP) is 1.55. The first-order valence-corrected chi connectivity index (χ1v) is 7.80. The van der Waals surface area contributed by atoms with Crippen molar-refractivity contribution >= 4 is 5.91 Å². The molecule has 0 aromatic heterocycles. The molecule has 1 aliphatic carbocycles. The lowest BCUT2D eigenvalue weighted by atomic mass is 9.78. The van der Waals surface area contributed by atoms with Crippen LogP contribution < -0.4 is 11.1 Å². The maximum absolute atomic E-state index is 11.8. The number of benzene rings is 1. The molecule has 3 N–H and O–H groups in total. The zero-order valence-electron chi connectivity index (χ0n) is 13.1. The molecule has 2 rings (SSSR count). The second-order valence-corrected chi connectivity index (χ2v) is 6.16. The van der Waals surface area contributed by atoms with Crippen LogP contribution in [0.1, 0.15) is 31.2 Å². The highest BCUT2D eigenvalue weighted by Gasteiger charge is 2.40. The van der Waals surface area contributed by atoms with E-state index >= 15 is 0 Å². The van der Waals surface area contributed by atoms with Crippen molar-refractivity contribution in [3.8, 4) is 0 Å². The summed E-state index contributed by atoms with van der Waals surface area (Å²) in [5.74, 6) is -0.217. The van der Waals surface area contributed by atoms with E-state index in [0.29, 0.717) is 6.04 Å². The number of nitrogens with two attached hydrogens (primary N) is 1. The molecule has 1 fully saturated rings. The minimum Gasteiger partial charge on any atom is -0.368 e. The molecule has 2 atom stereocenters. The van der Waals surface area contributed by atoms with E-state index in [4.69, 9.17) is 5.73 Å². The molecule has 0 spiro atoms. The third kappa shape index (κ3) is 3.83. The van der Waals surface area contributed by atoms with Crippen LogP contribution in [0.3, 0.4) is 0 Å². The molecule has 0 radical (unpaired) electrons. The predicted molar refractivity (Wildman–Crippen MR) is 86.0 cm³/mol. The van der Waals surface area contributed by atoms with Gasteiger partial charge in [0.1, 0.15) is 0 Å². The Hall–Kier alpha value is -1.39. The Morgan fingerprint density at radius 1 is 1.43 bits per heavy atom. The Labute approximate surface area is 127 Å². The SMILES string of the molecule is CNC1(C(N)=O)CCCC(N(C)CCc2ccccc2)C1. The summed E-state index contributed by atoms with van der Waals surface area (Å²) in [5.41, 5.74) is 6.45. The van der Waals surface area contributed by atoms with E-state index in [9.17, 15) is 4.79 Å². The van der Waals surface area contributed by atoms with Crippen LogP contribution >= 0.6 is 0 Å². The van der Waals surface area contributed by atoms with Gasteiger partial charge in [0.15, 0.2) is 0 Å². The summed E-state index contributed by atoms with van der Waals surface area (Å²) in [6, 6.07) is 10.9. The van der Waals surface area contributed by atoms with Gasteiger partial charge in [0, 0.05) is 12.6 Å². The van der Waals surface area contributed by atoms with Gasteiger partial charge in [-0.2, -0.15) is 0 Å². The van der Waals surface area contributed by atoms with Gasteiger partial charge in [-0.15, -0.1) is 0 Å². The number of nitrogens with one attached hydrogen (secondary N) is 1. The Bertz CT molecular complexity index is 462. The number of nitrogens with zero attached hydrogens (tertiary/aromatic N) is 1. The van der Waals surface area contributed by atoms with E-state index in [0.717, 1.165) is 38.6 Å². The van der Waals surface area contributed by atoms with Crippen molar-refractivity contribution in [2.24, 2.45) is 5.73 Å². The Morgan fingerprint density at radius 2 is 2.14 bits per heavy atom. The van der Waals surface area contributed by atoms with Gasteiger partial charge < -0.3 is 16.0 Å². The zero-order valence-corrected chi connectivity index (χ0v) is 13.1. The summed E-state index contributed by atoms with van der Waals surface area (Å²) >= 11 is 0. The number of likely N-dealkylation sites (N-methyl/N-ethyl adjacent to an activating group) is 2. The summed E-state index contributed by atoms with van der Waals surface area (Å²) in [6.07, 6.45) is 4.88. The first kappa shape index (κ1) is 16.0. The smallest absolute Gasteiger partial charge is 0.237 e. The molecule has 21 heavy (non-hydrogen) atoms. The van der Waals surface area contributed by atoms with E-state index in [1.54, 1.807) is 0 Å². The fourth-order valence-corrected chi connectivity index (χ4v) is 3.33. The standard InChI is InChI=1S/C17H27N3O/c1-19-17(16(18)21)11-6-9-15(13-17)20(2)12-10-14-7-4-3-5-8-14/h3-5,7-8,15,19H,6,9-13H2,1-2H3,(H2,18,21). The number of carbonyl (C=O) groups excluding carboxylic acids is 1. The molecule has 2 unspecified atom stereocenters. The highest BCUT2D eigenvalue weighted by molar-refractivity contribution is 5.84. The molecule has 1 aliphatic rings. The van der Waals surface area contributed by atoms with Crippen LogP contribution in [0.5, 0.6) is 0 Å². The van der Waals surface area contributed by atoms with Crippen LogP contribution in [-0.4, -0.2) is 43.0 Å². The van der Waals surface area contributed by atoms with Gasteiger partial charge in [0.2, 0.25) is 5.91 Å². The lowest BCUT2D eigenvalue weighted by Gasteiger charge is -2.41. The molecule has 4 nitrogen and oxygen atoms in total. The minimum absolute atomic E-state index is 0.217. The van der Waals surface area contributed by atoms with Crippen LogP contribution in [0.4, 0.5) is 0 Å². The molecule has 0 heterocycles. The maximum Gasteiger partial charge on any atom is 0.237 e. The van der Waals surface area contributed by atoms with Crippen molar-refractivity contribution in [3.05, 3.63) is 35.9 Å². The Kier molecular flexibility index (Phi) is 5.37. The molecule has 4 heteroatoms. The Morgan fingerprint density at radius 3 is 2.76 bits per heavy atom. The highest BCUT2D eigenvalue weighted by Crippen LogP contribution is 2.30. The number of primary amides is 1. The minimum atomic E-state index is -0.524. The molecule has 0 aliphatic heterocycles. The molecule has 1 aromatic rings. The van der Waals surface area contributed by atoms with Crippen molar-refractivity contribution in [2.75, 3.05) is 20.6 Å². The normalized spacial score (nSPS) is 26.0. The summed E-state index contributed by atoms with van der Waals surface area (Å²) in [6.45, 7) is 1.01. The van der Waals surface area contributed by atoms with Gasteiger partial charge in [-0.3, -0.25) is 4.79 Å². The van der Waals surface area contributed by atoms with Crippen molar-refractivity contribution in [3.63, 3.8) is 0 Å². The van der Waals surface area contributed by atoms with Gasteiger partial charge in [0.05, 0.1) is 5.54 Å². The number of rotatable bonds is 6. The fourth-order valence-electron chi connectivity index (χ4n) is 3.33. The molecule has 0 bridgehead atoms. The van der Waals surface area contributed by atoms with E-state index in [2.05, 4.69) is 41.5 Å². The van der Waals surface area contributed by atoms with Crippen LogP contribution in [0.25, 0.3) is 0 Å². The monoisotopic (exact) mass is 289 g/mol. The summed E-state index contributed by atoms with van der Waals surface area (Å²) < 4.78 is 0. The van der Waals surface area contributed by atoms with Crippen LogP contribution in [0.2, 0.25) is 0 Å². The first-order chi connectivity index (χ1) is 10.1. The quantitative estimate of drug-likeness (QED) is 0.835. The summed E-state index contributed by atoms with van der Waals surface area (Å²) in [5, 5.41) is 3.17. The molecule has 0 saturated heterocycles. The lowest BCUT2D eigenvalue weighted by Crippen LogP contribution is -2.59. The third-order valence-electron chi connectivity index (χ3n) is 4.89. The third-order valence-corrected chi connectivity index (χ3v) is 4.89. The second-order valence-electron chi connectivity index (χ2n) is 6.16.